The molecule has 1 aliphatic rings. The molecule has 0 atom stereocenters. The minimum Gasteiger partial charge on any atom is -0.494 e. The topological polar surface area (TPSA) is 73.9 Å². The van der Waals surface area contributed by atoms with Gasteiger partial charge in [-0.3, -0.25) is 9.69 Å². The molecular weight excluding hydrogens is 380 g/mol. The molecule has 1 aromatic rings. The first-order valence-electron chi connectivity index (χ1n) is 9.98. The summed E-state index contributed by atoms with van der Waals surface area (Å²) in [6.07, 6.45) is 2.66. The molecule has 1 aromatic carbocycles. The predicted molar refractivity (Wildman–Crippen MR) is 111 cm³/mol. The van der Waals surface area contributed by atoms with E-state index in [1.165, 1.54) is 0 Å². The largest absolute Gasteiger partial charge is 0.494 e. The first-order valence-corrected chi connectivity index (χ1v) is 10.4. The number of rotatable bonds is 10. The number of hydrogen-bond acceptors (Lipinski definition) is 4. The number of nitrogens with one attached hydrogen (secondary N) is 2. The zero-order valence-electron chi connectivity index (χ0n) is 16.6. The molecule has 0 aliphatic carbocycles. The van der Waals surface area contributed by atoms with Crippen LogP contribution in [-0.2, 0) is 4.79 Å². The molecule has 2 N–H and O–H groups in total. The molecule has 0 saturated carbocycles. The highest BCUT2D eigenvalue weighted by Gasteiger charge is 2.21. The van der Waals surface area contributed by atoms with Crippen LogP contribution in [0.15, 0.2) is 24.3 Å². The van der Waals surface area contributed by atoms with Crippen LogP contribution >= 0.6 is 11.6 Å². The molecule has 0 radical (unpaired) electrons. The lowest BCUT2D eigenvalue weighted by molar-refractivity contribution is -0.122. The predicted octanol–water partition coefficient (Wildman–Crippen LogP) is 2.35. The summed E-state index contributed by atoms with van der Waals surface area (Å²) in [7, 11) is 0. The van der Waals surface area contributed by atoms with Gasteiger partial charge in [-0.15, -0.1) is 0 Å². The zero-order valence-corrected chi connectivity index (χ0v) is 17.3. The average molecular weight is 411 g/mol. The second kappa shape index (κ2) is 12.5. The molecule has 1 saturated heterocycles. The van der Waals surface area contributed by atoms with Crippen molar-refractivity contribution in [2.75, 3.05) is 52.4 Å². The number of amides is 3. The molecule has 1 aliphatic heterocycles. The van der Waals surface area contributed by atoms with Crippen molar-refractivity contribution in [3.05, 3.63) is 29.3 Å². The molecule has 0 aromatic heterocycles. The van der Waals surface area contributed by atoms with E-state index >= 15 is 0 Å². The van der Waals surface area contributed by atoms with Gasteiger partial charge in [-0.1, -0.05) is 18.5 Å². The molecule has 0 unspecified atom stereocenters. The van der Waals surface area contributed by atoms with Crippen molar-refractivity contribution in [1.82, 2.24) is 20.4 Å². The number of hydrogen-bond donors (Lipinski definition) is 2. The van der Waals surface area contributed by atoms with Crippen LogP contribution in [0.3, 0.4) is 0 Å². The van der Waals surface area contributed by atoms with Crippen molar-refractivity contribution < 1.29 is 14.3 Å². The third kappa shape index (κ3) is 8.35. The van der Waals surface area contributed by atoms with Gasteiger partial charge in [0.15, 0.2) is 0 Å². The first-order chi connectivity index (χ1) is 13.6. The lowest BCUT2D eigenvalue weighted by Crippen LogP contribution is -2.53. The minimum absolute atomic E-state index is 0.0336. The van der Waals surface area contributed by atoms with E-state index in [0.29, 0.717) is 44.4 Å². The summed E-state index contributed by atoms with van der Waals surface area (Å²) in [6, 6.07) is 7.26. The van der Waals surface area contributed by atoms with E-state index in [1.54, 1.807) is 12.1 Å². The van der Waals surface area contributed by atoms with Crippen LogP contribution < -0.4 is 15.4 Å². The fourth-order valence-corrected chi connectivity index (χ4v) is 3.01. The van der Waals surface area contributed by atoms with Crippen molar-refractivity contribution in [2.45, 2.75) is 26.2 Å². The fraction of sp³-hybridized carbons (Fsp3) is 0.600. The zero-order chi connectivity index (χ0) is 20.2. The number of urea groups is 1. The quantitative estimate of drug-likeness (QED) is 0.581. The second-order valence-electron chi connectivity index (χ2n) is 6.85. The van der Waals surface area contributed by atoms with Gasteiger partial charge in [-0.05, 0) is 43.5 Å². The van der Waals surface area contributed by atoms with E-state index in [4.69, 9.17) is 16.3 Å². The van der Waals surface area contributed by atoms with Crippen molar-refractivity contribution in [3.63, 3.8) is 0 Å². The Labute approximate surface area is 172 Å². The molecule has 2 rings (SSSR count). The Morgan fingerprint density at radius 2 is 1.75 bits per heavy atom. The molecule has 28 heavy (non-hydrogen) atoms. The molecule has 1 heterocycles. The van der Waals surface area contributed by atoms with E-state index in [0.717, 1.165) is 38.1 Å². The molecule has 7 nitrogen and oxygen atoms in total. The van der Waals surface area contributed by atoms with Gasteiger partial charge in [0.2, 0.25) is 5.91 Å². The highest BCUT2D eigenvalue weighted by atomic mass is 35.5. The Bertz CT molecular complexity index is 604. The second-order valence-corrected chi connectivity index (χ2v) is 7.29. The van der Waals surface area contributed by atoms with Crippen molar-refractivity contribution in [3.8, 4) is 5.75 Å². The summed E-state index contributed by atoms with van der Waals surface area (Å²) in [4.78, 5) is 27.9. The monoisotopic (exact) mass is 410 g/mol. The van der Waals surface area contributed by atoms with E-state index in [2.05, 4.69) is 15.5 Å². The first kappa shape index (κ1) is 22.3. The number of carbonyl (C=O) groups excluding carboxylic acids is 2. The van der Waals surface area contributed by atoms with Gasteiger partial charge in [0.05, 0.1) is 13.2 Å². The molecule has 0 bridgehead atoms. The van der Waals surface area contributed by atoms with E-state index in [9.17, 15) is 9.59 Å². The van der Waals surface area contributed by atoms with Crippen molar-refractivity contribution in [2.24, 2.45) is 0 Å². The van der Waals surface area contributed by atoms with E-state index in [1.807, 2.05) is 24.0 Å². The molecular formula is C20H31ClN4O3. The number of unbranched alkanes of at least 4 members (excludes halogenated alkanes) is 1. The van der Waals surface area contributed by atoms with Crippen LogP contribution in [0.4, 0.5) is 4.79 Å². The highest BCUT2D eigenvalue weighted by Crippen LogP contribution is 2.15. The Balaban J connectivity index is 1.51. The number of nitrogens with zero attached hydrogens (tertiary/aromatic N) is 2. The Kier molecular flexibility index (Phi) is 9.93. The summed E-state index contributed by atoms with van der Waals surface area (Å²) in [5, 5.41) is 6.53. The number of ether oxygens (including phenoxy) is 1. The molecule has 0 spiro atoms. The van der Waals surface area contributed by atoms with Crippen LogP contribution in [0.1, 0.15) is 26.2 Å². The summed E-state index contributed by atoms with van der Waals surface area (Å²) < 4.78 is 5.63. The van der Waals surface area contributed by atoms with Crippen LogP contribution in [-0.4, -0.2) is 74.2 Å². The fourth-order valence-electron chi connectivity index (χ4n) is 2.89. The van der Waals surface area contributed by atoms with Crippen LogP contribution in [0, 0.1) is 0 Å². The summed E-state index contributed by atoms with van der Waals surface area (Å²) >= 11 is 5.84. The third-order valence-electron chi connectivity index (χ3n) is 4.53. The van der Waals surface area contributed by atoms with Gasteiger partial charge in [-0.2, -0.15) is 0 Å². The van der Waals surface area contributed by atoms with Gasteiger partial charge in [-0.25, -0.2) is 4.79 Å². The van der Waals surface area contributed by atoms with Gasteiger partial charge in [0, 0.05) is 44.3 Å². The van der Waals surface area contributed by atoms with Crippen LogP contribution in [0.2, 0.25) is 5.02 Å². The van der Waals surface area contributed by atoms with Crippen molar-refractivity contribution in [1.29, 1.82) is 0 Å². The lowest BCUT2D eigenvalue weighted by atomic mass is 10.3. The van der Waals surface area contributed by atoms with Crippen LogP contribution in [0.5, 0.6) is 5.75 Å². The van der Waals surface area contributed by atoms with Crippen molar-refractivity contribution >= 4 is 23.5 Å². The standard InChI is InChI=1S/C20H31ClN4O3/c1-2-9-22-19(26)16-24-11-13-25(14-12-24)20(27)23-10-3-4-15-28-18-7-5-17(21)6-8-18/h5-8H,2-4,9-16H2,1H3,(H,22,26)(H,23,27). The van der Waals surface area contributed by atoms with Gasteiger partial charge < -0.3 is 20.3 Å². The maximum Gasteiger partial charge on any atom is 0.317 e. The number of carbonyl (C=O) groups is 2. The molecule has 8 heteroatoms. The maximum absolute atomic E-state index is 12.2. The minimum atomic E-state index is -0.0336. The third-order valence-corrected chi connectivity index (χ3v) is 4.78. The molecule has 156 valence electrons. The average Bonchev–Trinajstić information content (AvgIpc) is 2.70. The Morgan fingerprint density at radius 3 is 2.43 bits per heavy atom. The lowest BCUT2D eigenvalue weighted by Gasteiger charge is -2.34. The SMILES string of the molecule is CCCNC(=O)CN1CCN(C(=O)NCCCCOc2ccc(Cl)cc2)CC1. The summed E-state index contributed by atoms with van der Waals surface area (Å²) in [5.41, 5.74) is 0. The van der Waals surface area contributed by atoms with E-state index in [-0.39, 0.29) is 11.9 Å². The van der Waals surface area contributed by atoms with Gasteiger partial charge in [0.25, 0.3) is 0 Å². The smallest absolute Gasteiger partial charge is 0.317 e. The van der Waals surface area contributed by atoms with E-state index < -0.39 is 0 Å². The maximum atomic E-state index is 12.2. The Hall–Kier alpha value is -1.99. The Morgan fingerprint density at radius 1 is 1.04 bits per heavy atom. The highest BCUT2D eigenvalue weighted by molar-refractivity contribution is 6.30. The van der Waals surface area contributed by atoms with Crippen LogP contribution in [0.25, 0.3) is 0 Å². The van der Waals surface area contributed by atoms with Gasteiger partial charge >= 0.3 is 6.03 Å². The number of halogens is 1. The molecule has 1 fully saturated rings. The number of benzene rings is 1. The molecule has 3 amide bonds. The number of piperazine rings is 1. The summed E-state index contributed by atoms with van der Waals surface area (Å²) in [5.74, 6) is 0.857. The normalized spacial score (nSPS) is 14.6. The summed E-state index contributed by atoms with van der Waals surface area (Å²) in [6.45, 7) is 7.13. The van der Waals surface area contributed by atoms with Gasteiger partial charge in [0.1, 0.15) is 5.75 Å².